The van der Waals surface area contributed by atoms with Crippen LogP contribution in [0.5, 0.6) is 0 Å². The Morgan fingerprint density at radius 1 is 1.25 bits per heavy atom. The third-order valence-corrected chi connectivity index (χ3v) is 4.97. The van der Waals surface area contributed by atoms with Crippen molar-refractivity contribution in [2.75, 3.05) is 13.1 Å². The number of rotatable bonds is 3. The zero-order chi connectivity index (χ0) is 16.7. The molecule has 1 saturated carbocycles. The lowest BCUT2D eigenvalue weighted by Crippen LogP contribution is -2.45. The van der Waals surface area contributed by atoms with Crippen molar-refractivity contribution in [1.29, 1.82) is 0 Å². The lowest BCUT2D eigenvalue weighted by Gasteiger charge is -2.34. The first-order valence-electron chi connectivity index (χ1n) is 8.53. The third kappa shape index (κ3) is 2.94. The van der Waals surface area contributed by atoms with E-state index in [4.69, 9.17) is 4.52 Å². The lowest BCUT2D eigenvalue weighted by atomic mass is 9.95. The van der Waals surface area contributed by atoms with Crippen LogP contribution in [-0.2, 0) is 0 Å². The summed E-state index contributed by atoms with van der Waals surface area (Å²) in [4.78, 5) is 18.7. The predicted octanol–water partition coefficient (Wildman–Crippen LogP) is 2.46. The Kier molecular flexibility index (Phi) is 3.84. The monoisotopic (exact) mass is 327 g/mol. The number of amides is 1. The first-order valence-corrected chi connectivity index (χ1v) is 8.53. The zero-order valence-electron chi connectivity index (χ0n) is 13.7. The number of β-amino-alcohol motifs (C(OH)–C–C–N with tert-alkyl or cyclic N) is 1. The quantitative estimate of drug-likeness (QED) is 0.937. The molecule has 2 unspecified atom stereocenters. The molecule has 6 nitrogen and oxygen atoms in total. The van der Waals surface area contributed by atoms with E-state index in [9.17, 15) is 9.90 Å². The summed E-state index contributed by atoms with van der Waals surface area (Å²) in [6.45, 7) is 3.10. The molecule has 2 fully saturated rings. The third-order valence-electron chi connectivity index (χ3n) is 4.97. The molecular weight excluding hydrogens is 306 g/mol. The Morgan fingerprint density at radius 3 is 2.67 bits per heavy atom. The van der Waals surface area contributed by atoms with Gasteiger partial charge in [0.1, 0.15) is 0 Å². The van der Waals surface area contributed by atoms with Gasteiger partial charge in [0.2, 0.25) is 0 Å². The fraction of sp³-hybridized carbons (Fsp3) is 0.500. The molecule has 6 heteroatoms. The SMILES string of the molecule is CC1CCN(C(=O)c2ccc(-c3nc(C4CC4)no3)cc2)CC1O. The normalized spacial score (nSPS) is 24.2. The molecule has 2 atom stereocenters. The number of aliphatic hydroxyl groups is 1. The van der Waals surface area contributed by atoms with Gasteiger partial charge >= 0.3 is 0 Å². The molecule has 0 spiro atoms. The number of piperidine rings is 1. The van der Waals surface area contributed by atoms with Gasteiger partial charge in [0.15, 0.2) is 5.82 Å². The smallest absolute Gasteiger partial charge is 0.257 e. The molecule has 1 aromatic heterocycles. The van der Waals surface area contributed by atoms with Gasteiger partial charge in [0, 0.05) is 30.1 Å². The van der Waals surface area contributed by atoms with Crippen molar-refractivity contribution >= 4 is 5.91 Å². The summed E-state index contributed by atoms with van der Waals surface area (Å²) in [7, 11) is 0. The highest BCUT2D eigenvalue weighted by Crippen LogP contribution is 2.38. The largest absolute Gasteiger partial charge is 0.391 e. The van der Waals surface area contributed by atoms with E-state index in [0.717, 1.165) is 30.7 Å². The van der Waals surface area contributed by atoms with Crippen LogP contribution in [0.1, 0.15) is 48.3 Å². The van der Waals surface area contributed by atoms with Crippen molar-refractivity contribution in [3.8, 4) is 11.5 Å². The standard InChI is InChI=1S/C18H21N3O3/c1-11-8-9-21(10-15(11)22)18(23)14-6-4-13(5-7-14)17-19-16(20-24-17)12-2-3-12/h4-7,11-12,15,22H,2-3,8-10H2,1H3. The number of hydrogen-bond acceptors (Lipinski definition) is 5. The van der Waals surface area contributed by atoms with E-state index >= 15 is 0 Å². The lowest BCUT2D eigenvalue weighted by molar-refractivity contribution is 0.0248. The average Bonchev–Trinajstić information content (AvgIpc) is 3.34. The maximum absolute atomic E-state index is 12.6. The molecule has 0 radical (unpaired) electrons. The molecule has 1 aliphatic heterocycles. The van der Waals surface area contributed by atoms with Gasteiger partial charge in [-0.2, -0.15) is 4.98 Å². The van der Waals surface area contributed by atoms with E-state index in [1.807, 2.05) is 19.1 Å². The minimum atomic E-state index is -0.443. The van der Waals surface area contributed by atoms with E-state index in [1.54, 1.807) is 17.0 Å². The van der Waals surface area contributed by atoms with Crippen LogP contribution in [0.15, 0.2) is 28.8 Å². The van der Waals surface area contributed by atoms with E-state index in [2.05, 4.69) is 10.1 Å². The van der Waals surface area contributed by atoms with Crippen LogP contribution in [0.25, 0.3) is 11.5 Å². The number of benzene rings is 1. The van der Waals surface area contributed by atoms with Crippen LogP contribution in [0.3, 0.4) is 0 Å². The highest BCUT2D eigenvalue weighted by molar-refractivity contribution is 5.94. The molecule has 1 aliphatic carbocycles. The molecule has 2 heterocycles. The summed E-state index contributed by atoms with van der Waals surface area (Å²) in [5.41, 5.74) is 1.43. The molecule has 1 aromatic carbocycles. The maximum atomic E-state index is 12.6. The molecule has 2 aliphatic rings. The first-order chi connectivity index (χ1) is 11.6. The van der Waals surface area contributed by atoms with Crippen molar-refractivity contribution in [2.24, 2.45) is 5.92 Å². The van der Waals surface area contributed by atoms with Crippen LogP contribution >= 0.6 is 0 Å². The van der Waals surface area contributed by atoms with Gasteiger partial charge in [-0.25, -0.2) is 0 Å². The Morgan fingerprint density at radius 2 is 2.00 bits per heavy atom. The van der Waals surface area contributed by atoms with Crippen LogP contribution in [0.4, 0.5) is 0 Å². The van der Waals surface area contributed by atoms with Crippen LogP contribution in [0.2, 0.25) is 0 Å². The van der Waals surface area contributed by atoms with Crippen molar-refractivity contribution in [3.05, 3.63) is 35.7 Å². The van der Waals surface area contributed by atoms with Gasteiger partial charge < -0.3 is 14.5 Å². The summed E-state index contributed by atoms with van der Waals surface area (Å²) in [6.07, 6.45) is 2.65. The number of carbonyl (C=O) groups is 1. The summed E-state index contributed by atoms with van der Waals surface area (Å²) in [5, 5.41) is 14.0. The van der Waals surface area contributed by atoms with Gasteiger partial charge in [0.25, 0.3) is 11.8 Å². The van der Waals surface area contributed by atoms with E-state index in [0.29, 0.717) is 30.5 Å². The van der Waals surface area contributed by atoms with Gasteiger partial charge in [-0.05, 0) is 49.4 Å². The van der Waals surface area contributed by atoms with Crippen LogP contribution in [0, 0.1) is 5.92 Å². The van der Waals surface area contributed by atoms with Crippen LogP contribution in [-0.4, -0.2) is 45.2 Å². The van der Waals surface area contributed by atoms with Crippen molar-refractivity contribution in [1.82, 2.24) is 15.0 Å². The Bertz CT molecular complexity index is 736. The fourth-order valence-corrected chi connectivity index (χ4v) is 3.03. The Balaban J connectivity index is 1.47. The Labute approximate surface area is 140 Å². The molecule has 1 amide bonds. The molecular formula is C18H21N3O3. The molecule has 1 N–H and O–H groups in total. The minimum absolute atomic E-state index is 0.0447. The fourth-order valence-electron chi connectivity index (χ4n) is 3.03. The van der Waals surface area contributed by atoms with Gasteiger partial charge in [0.05, 0.1) is 6.10 Å². The van der Waals surface area contributed by atoms with Crippen LogP contribution < -0.4 is 0 Å². The van der Waals surface area contributed by atoms with Gasteiger partial charge in [-0.1, -0.05) is 12.1 Å². The summed E-state index contributed by atoms with van der Waals surface area (Å²) < 4.78 is 5.31. The first kappa shape index (κ1) is 15.3. The van der Waals surface area contributed by atoms with E-state index < -0.39 is 6.10 Å². The number of carbonyl (C=O) groups excluding carboxylic acids is 1. The summed E-state index contributed by atoms with van der Waals surface area (Å²) in [6, 6.07) is 7.23. The molecule has 2 aromatic rings. The number of nitrogens with zero attached hydrogens (tertiary/aromatic N) is 3. The van der Waals surface area contributed by atoms with Crippen molar-refractivity contribution < 1.29 is 14.4 Å². The summed E-state index contributed by atoms with van der Waals surface area (Å²) >= 11 is 0. The number of aromatic nitrogens is 2. The molecule has 24 heavy (non-hydrogen) atoms. The summed E-state index contributed by atoms with van der Waals surface area (Å²) in [5.74, 6) is 1.93. The van der Waals surface area contributed by atoms with E-state index in [1.165, 1.54) is 0 Å². The second-order valence-electron chi connectivity index (χ2n) is 6.89. The molecule has 4 rings (SSSR count). The van der Waals surface area contributed by atoms with E-state index in [-0.39, 0.29) is 11.8 Å². The highest BCUT2D eigenvalue weighted by atomic mass is 16.5. The second-order valence-corrected chi connectivity index (χ2v) is 6.89. The maximum Gasteiger partial charge on any atom is 0.257 e. The minimum Gasteiger partial charge on any atom is -0.391 e. The van der Waals surface area contributed by atoms with Gasteiger partial charge in [-0.15, -0.1) is 0 Å². The number of likely N-dealkylation sites (tertiary alicyclic amines) is 1. The van der Waals surface area contributed by atoms with Crippen molar-refractivity contribution in [2.45, 2.75) is 38.2 Å². The predicted molar refractivity (Wildman–Crippen MR) is 87.4 cm³/mol. The number of aliphatic hydroxyl groups excluding tert-OH is 1. The van der Waals surface area contributed by atoms with Gasteiger partial charge in [-0.3, -0.25) is 4.79 Å². The topological polar surface area (TPSA) is 79.5 Å². The number of hydrogen-bond donors (Lipinski definition) is 1. The molecule has 0 bridgehead atoms. The molecule has 1 saturated heterocycles. The Hall–Kier alpha value is -2.21. The zero-order valence-corrected chi connectivity index (χ0v) is 13.7. The highest BCUT2D eigenvalue weighted by Gasteiger charge is 2.29. The van der Waals surface area contributed by atoms with Crippen molar-refractivity contribution in [3.63, 3.8) is 0 Å². The second kappa shape index (κ2) is 6.02. The molecule has 126 valence electrons. The average molecular weight is 327 g/mol.